The van der Waals surface area contributed by atoms with Crippen molar-refractivity contribution in [1.82, 2.24) is 9.97 Å². The van der Waals surface area contributed by atoms with Crippen molar-refractivity contribution in [2.75, 3.05) is 0 Å². The smallest absolute Gasteiger partial charge is 0.123 e. The molecular formula is C43H34IrN3O-3. The molecule has 0 N–H and O–H groups in total. The Hall–Kier alpha value is -5.35. The van der Waals surface area contributed by atoms with Gasteiger partial charge in [0.25, 0.3) is 0 Å². The summed E-state index contributed by atoms with van der Waals surface area (Å²) in [4.78, 5) is 8.81. The first kappa shape index (κ1) is 34.0. The number of hydrogen-bond donors (Lipinski definition) is 0. The van der Waals surface area contributed by atoms with Gasteiger partial charge in [0.05, 0.1) is 11.3 Å². The van der Waals surface area contributed by atoms with Crippen molar-refractivity contribution in [3.05, 3.63) is 182 Å². The van der Waals surface area contributed by atoms with E-state index in [0.29, 0.717) is 0 Å². The minimum absolute atomic E-state index is 0. The summed E-state index contributed by atoms with van der Waals surface area (Å²) in [6, 6.07) is 53.7. The van der Waals surface area contributed by atoms with Gasteiger partial charge in [0.15, 0.2) is 0 Å². The average Bonchev–Trinajstić information content (AvgIpc) is 3.49. The molecule has 1 radical (unpaired) electrons. The molecule has 0 saturated heterocycles. The summed E-state index contributed by atoms with van der Waals surface area (Å²) in [5.41, 5.74) is 11.2. The van der Waals surface area contributed by atoms with E-state index in [1.54, 1.807) is 0 Å². The summed E-state index contributed by atoms with van der Waals surface area (Å²) < 4.78 is 7.82. The molecule has 0 amide bonds. The molecule has 0 spiro atoms. The van der Waals surface area contributed by atoms with Gasteiger partial charge in [0, 0.05) is 39.0 Å². The zero-order valence-electron chi connectivity index (χ0n) is 27.1. The van der Waals surface area contributed by atoms with Crippen LogP contribution < -0.4 is 4.57 Å². The molecule has 8 rings (SSSR count). The Morgan fingerprint density at radius 2 is 1.35 bits per heavy atom. The molecule has 8 aromatic rings. The molecule has 0 saturated carbocycles. The number of nitrogens with zero attached hydrogens (tertiary/aromatic N) is 3. The minimum atomic E-state index is 0. The number of benzene rings is 4. The molecule has 4 aromatic carbocycles. The van der Waals surface area contributed by atoms with Gasteiger partial charge in [0.1, 0.15) is 11.3 Å². The molecule has 4 heterocycles. The fraction of sp³-hybridized carbons (Fsp3) is 0.0698. The SMILES string of the molecule is Cc1cccc(-c2[c-]cccc2)n1.Cc1ccnc(-c2[c-]cc3c(c2)oc2ccccc23)c1.[CH2-][n+]1c(C)cccc1-c1[c-]cccc1.[Ir]. The van der Waals surface area contributed by atoms with Gasteiger partial charge in [-0.3, -0.25) is 0 Å². The van der Waals surface area contributed by atoms with Crippen molar-refractivity contribution in [3.8, 4) is 33.8 Å². The van der Waals surface area contributed by atoms with Crippen LogP contribution in [0.1, 0.15) is 17.0 Å². The first-order valence-electron chi connectivity index (χ1n) is 15.4. The monoisotopic (exact) mass is 801 g/mol. The van der Waals surface area contributed by atoms with E-state index in [1.165, 1.54) is 5.56 Å². The number of furan rings is 1. The van der Waals surface area contributed by atoms with Crippen LogP contribution in [-0.4, -0.2) is 9.97 Å². The molecule has 4 nitrogen and oxygen atoms in total. The van der Waals surface area contributed by atoms with E-state index >= 15 is 0 Å². The maximum absolute atomic E-state index is 5.90. The fourth-order valence-electron chi connectivity index (χ4n) is 5.18. The van der Waals surface area contributed by atoms with Crippen LogP contribution in [0.15, 0.2) is 144 Å². The largest absolute Gasteiger partial charge is 0.476 e. The third kappa shape index (κ3) is 8.13. The number of aromatic nitrogens is 3. The molecular weight excluding hydrogens is 767 g/mol. The Labute approximate surface area is 296 Å². The van der Waals surface area contributed by atoms with Gasteiger partial charge in [0.2, 0.25) is 0 Å². The van der Waals surface area contributed by atoms with Gasteiger partial charge < -0.3 is 19.0 Å². The number of pyridine rings is 3. The molecule has 239 valence electrons. The molecule has 0 aliphatic heterocycles. The molecule has 0 aliphatic rings. The molecule has 48 heavy (non-hydrogen) atoms. The average molecular weight is 801 g/mol. The quantitative estimate of drug-likeness (QED) is 0.132. The predicted molar refractivity (Wildman–Crippen MR) is 190 cm³/mol. The molecule has 0 bridgehead atoms. The van der Waals surface area contributed by atoms with Crippen molar-refractivity contribution in [2.45, 2.75) is 20.8 Å². The zero-order valence-corrected chi connectivity index (χ0v) is 29.5. The standard InChI is InChI=1S/C18H12NO.C13H12N.C12H10N.Ir/c1-12-8-9-19-16(10-12)13-6-7-15-14-4-2-3-5-17(14)20-18(15)11-13;1-11-7-6-10-13(14(11)2)12-8-4-3-5-9-12;1-10-6-5-9-12(13-10)11-7-3-2-4-8-11;/h2-5,7-11H,1H3;3-8,10H,2H2,1H3;2-7,9H,1H3;/q3*-1;. The van der Waals surface area contributed by atoms with Crippen LogP contribution in [0.4, 0.5) is 0 Å². The van der Waals surface area contributed by atoms with Crippen molar-refractivity contribution < 1.29 is 29.1 Å². The first-order valence-corrected chi connectivity index (χ1v) is 15.4. The summed E-state index contributed by atoms with van der Waals surface area (Å²) in [7, 11) is 3.99. The van der Waals surface area contributed by atoms with Crippen LogP contribution in [0.25, 0.3) is 55.7 Å². The number of rotatable bonds is 3. The van der Waals surface area contributed by atoms with Crippen LogP contribution in [-0.2, 0) is 20.1 Å². The van der Waals surface area contributed by atoms with Gasteiger partial charge in [-0.2, -0.15) is 0 Å². The van der Waals surface area contributed by atoms with Crippen LogP contribution in [0.5, 0.6) is 0 Å². The van der Waals surface area contributed by atoms with E-state index in [1.807, 2.05) is 146 Å². The van der Waals surface area contributed by atoms with E-state index in [0.717, 1.165) is 67.1 Å². The molecule has 0 unspecified atom stereocenters. The maximum Gasteiger partial charge on any atom is 0.123 e. The van der Waals surface area contributed by atoms with E-state index in [2.05, 4.69) is 54.3 Å². The summed E-state index contributed by atoms with van der Waals surface area (Å²) in [5.74, 6) is 0. The second kappa shape index (κ2) is 16.0. The third-order valence-electron chi connectivity index (χ3n) is 7.67. The molecule has 0 fully saturated rings. The summed E-state index contributed by atoms with van der Waals surface area (Å²) in [6.45, 7) is 6.09. The normalized spacial score (nSPS) is 10.3. The van der Waals surface area contributed by atoms with Crippen LogP contribution in [0.3, 0.4) is 0 Å². The molecule has 5 heteroatoms. The predicted octanol–water partition coefficient (Wildman–Crippen LogP) is 10.0. The van der Waals surface area contributed by atoms with E-state index in [-0.39, 0.29) is 20.1 Å². The summed E-state index contributed by atoms with van der Waals surface area (Å²) in [6.07, 6.45) is 1.82. The minimum Gasteiger partial charge on any atom is -0.476 e. The summed E-state index contributed by atoms with van der Waals surface area (Å²) >= 11 is 0. The Kier molecular flexibility index (Phi) is 11.3. The number of hydrogen-bond acceptors (Lipinski definition) is 3. The first-order chi connectivity index (χ1) is 23.0. The van der Waals surface area contributed by atoms with Gasteiger partial charge >= 0.3 is 0 Å². The van der Waals surface area contributed by atoms with Crippen molar-refractivity contribution in [2.24, 2.45) is 0 Å². The van der Waals surface area contributed by atoms with E-state index in [4.69, 9.17) is 4.42 Å². The Morgan fingerprint density at radius 3 is 2.08 bits per heavy atom. The van der Waals surface area contributed by atoms with E-state index in [9.17, 15) is 0 Å². The van der Waals surface area contributed by atoms with Crippen LogP contribution in [0.2, 0.25) is 0 Å². The molecule has 4 aromatic heterocycles. The Morgan fingerprint density at radius 1 is 0.625 bits per heavy atom. The van der Waals surface area contributed by atoms with Crippen LogP contribution >= 0.6 is 0 Å². The second-order valence-electron chi connectivity index (χ2n) is 11.1. The second-order valence-corrected chi connectivity index (χ2v) is 11.1. The van der Waals surface area contributed by atoms with Crippen molar-refractivity contribution >= 4 is 21.9 Å². The molecule has 0 aliphatic carbocycles. The zero-order chi connectivity index (χ0) is 32.6. The Bertz CT molecular complexity index is 2250. The number of aryl methyl sites for hydroxylation is 3. The van der Waals surface area contributed by atoms with Crippen molar-refractivity contribution in [3.63, 3.8) is 0 Å². The van der Waals surface area contributed by atoms with Gasteiger partial charge in [-0.05, 0) is 61.8 Å². The van der Waals surface area contributed by atoms with Gasteiger partial charge in [-0.1, -0.05) is 71.1 Å². The fourth-order valence-corrected chi connectivity index (χ4v) is 5.18. The Balaban J connectivity index is 0.000000144. The van der Waals surface area contributed by atoms with Gasteiger partial charge in [-0.15, -0.1) is 83.9 Å². The topological polar surface area (TPSA) is 42.8 Å². The summed E-state index contributed by atoms with van der Waals surface area (Å²) in [5, 5.41) is 2.22. The van der Waals surface area contributed by atoms with E-state index < -0.39 is 0 Å². The number of fused-ring (bicyclic) bond motifs is 3. The number of para-hydroxylation sites is 1. The van der Waals surface area contributed by atoms with Crippen LogP contribution in [0, 0.1) is 46.0 Å². The maximum atomic E-state index is 5.90. The molecule has 0 atom stereocenters. The third-order valence-corrected chi connectivity index (χ3v) is 7.67. The van der Waals surface area contributed by atoms with Gasteiger partial charge in [-0.25, -0.2) is 0 Å². The van der Waals surface area contributed by atoms with Crippen molar-refractivity contribution in [1.29, 1.82) is 0 Å².